The SMILES string of the molecule is C=CCc1c(C)nc(SCC(=O)Nc2ccc(Oc3ccccc3)cc2)[nH]c1=O. The van der Waals surface area contributed by atoms with Gasteiger partial charge in [-0.2, -0.15) is 0 Å². The number of hydrogen-bond donors (Lipinski definition) is 2. The number of ether oxygens (including phenoxy) is 1. The largest absolute Gasteiger partial charge is 0.457 e. The number of carbonyl (C=O) groups is 1. The molecule has 0 bridgehead atoms. The van der Waals surface area contributed by atoms with E-state index in [9.17, 15) is 9.59 Å². The highest BCUT2D eigenvalue weighted by Gasteiger charge is 2.10. The van der Waals surface area contributed by atoms with Crippen molar-refractivity contribution in [1.82, 2.24) is 9.97 Å². The number of H-pyrrole nitrogens is 1. The van der Waals surface area contributed by atoms with Crippen LogP contribution in [-0.4, -0.2) is 21.6 Å². The van der Waals surface area contributed by atoms with Crippen molar-refractivity contribution in [3.8, 4) is 11.5 Å². The molecule has 7 heteroatoms. The number of aromatic nitrogens is 2. The van der Waals surface area contributed by atoms with E-state index in [2.05, 4.69) is 21.9 Å². The predicted octanol–water partition coefficient (Wildman–Crippen LogP) is 4.33. The zero-order chi connectivity index (χ0) is 20.6. The van der Waals surface area contributed by atoms with Gasteiger partial charge in [-0.3, -0.25) is 9.59 Å². The first-order valence-corrected chi connectivity index (χ1v) is 10.00. The van der Waals surface area contributed by atoms with Gasteiger partial charge < -0.3 is 15.0 Å². The minimum Gasteiger partial charge on any atom is -0.457 e. The maximum Gasteiger partial charge on any atom is 0.255 e. The van der Waals surface area contributed by atoms with Crippen LogP contribution in [0.3, 0.4) is 0 Å². The molecule has 0 radical (unpaired) electrons. The van der Waals surface area contributed by atoms with E-state index in [1.54, 1.807) is 37.3 Å². The molecular formula is C22H21N3O3S. The Hall–Kier alpha value is -3.32. The first-order chi connectivity index (χ1) is 14.0. The van der Waals surface area contributed by atoms with E-state index >= 15 is 0 Å². The number of aromatic amines is 1. The van der Waals surface area contributed by atoms with E-state index in [4.69, 9.17) is 4.74 Å². The number of amides is 1. The molecule has 0 atom stereocenters. The number of benzene rings is 2. The Morgan fingerprint density at radius 1 is 1.17 bits per heavy atom. The van der Waals surface area contributed by atoms with Crippen molar-refractivity contribution in [2.24, 2.45) is 0 Å². The van der Waals surface area contributed by atoms with Gasteiger partial charge in [0.25, 0.3) is 5.56 Å². The van der Waals surface area contributed by atoms with E-state index in [-0.39, 0.29) is 17.2 Å². The predicted molar refractivity (Wildman–Crippen MR) is 116 cm³/mol. The number of anilines is 1. The molecule has 1 amide bonds. The maximum atomic E-state index is 12.2. The zero-order valence-corrected chi connectivity index (χ0v) is 16.8. The summed E-state index contributed by atoms with van der Waals surface area (Å²) in [5.41, 5.74) is 1.70. The lowest BCUT2D eigenvalue weighted by Gasteiger charge is -2.08. The van der Waals surface area contributed by atoms with Crippen LogP contribution in [0.15, 0.2) is 77.2 Å². The average molecular weight is 407 g/mol. The van der Waals surface area contributed by atoms with E-state index < -0.39 is 0 Å². The van der Waals surface area contributed by atoms with Crippen molar-refractivity contribution in [1.29, 1.82) is 0 Å². The highest BCUT2D eigenvalue weighted by Crippen LogP contribution is 2.23. The Morgan fingerprint density at radius 3 is 2.52 bits per heavy atom. The smallest absolute Gasteiger partial charge is 0.255 e. The summed E-state index contributed by atoms with van der Waals surface area (Å²) in [6, 6.07) is 16.6. The Balaban J connectivity index is 1.54. The van der Waals surface area contributed by atoms with Gasteiger partial charge in [0.15, 0.2) is 5.16 Å². The van der Waals surface area contributed by atoms with Crippen LogP contribution in [0.25, 0.3) is 0 Å². The third-order valence-electron chi connectivity index (χ3n) is 4.01. The van der Waals surface area contributed by atoms with Crippen LogP contribution in [-0.2, 0) is 11.2 Å². The Labute approximate surface area is 173 Å². The summed E-state index contributed by atoms with van der Waals surface area (Å²) in [5, 5.41) is 3.23. The number of thioether (sulfide) groups is 1. The van der Waals surface area contributed by atoms with Gasteiger partial charge in [-0.1, -0.05) is 36.0 Å². The zero-order valence-electron chi connectivity index (χ0n) is 16.0. The summed E-state index contributed by atoms with van der Waals surface area (Å²) in [6.07, 6.45) is 2.12. The second-order valence-corrected chi connectivity index (χ2v) is 7.17. The molecule has 2 N–H and O–H groups in total. The van der Waals surface area contributed by atoms with Gasteiger partial charge in [-0.05, 0) is 49.7 Å². The Bertz CT molecular complexity index is 1050. The summed E-state index contributed by atoms with van der Waals surface area (Å²) in [4.78, 5) is 31.3. The molecule has 0 spiro atoms. The number of para-hydroxylation sites is 1. The van der Waals surface area contributed by atoms with Gasteiger partial charge in [0, 0.05) is 16.9 Å². The van der Waals surface area contributed by atoms with E-state index in [0.29, 0.717) is 34.3 Å². The highest BCUT2D eigenvalue weighted by atomic mass is 32.2. The van der Waals surface area contributed by atoms with Crippen molar-refractivity contribution in [3.05, 3.63) is 88.9 Å². The molecule has 0 saturated heterocycles. The van der Waals surface area contributed by atoms with Gasteiger partial charge in [0.2, 0.25) is 5.91 Å². The summed E-state index contributed by atoms with van der Waals surface area (Å²) in [5.74, 6) is 1.37. The Kier molecular flexibility index (Phi) is 6.86. The molecule has 1 heterocycles. The maximum absolute atomic E-state index is 12.2. The molecule has 6 nitrogen and oxygen atoms in total. The second-order valence-electron chi connectivity index (χ2n) is 6.20. The quantitative estimate of drug-likeness (QED) is 0.330. The second kappa shape index (κ2) is 9.75. The standard InChI is InChI=1S/C22H21N3O3S/c1-3-7-19-15(2)23-22(25-21(19)27)29-14-20(26)24-16-10-12-18(13-11-16)28-17-8-5-4-6-9-17/h3-6,8-13H,1,7,14H2,2H3,(H,24,26)(H,23,25,27). The minimum atomic E-state index is -0.200. The number of hydrogen-bond acceptors (Lipinski definition) is 5. The van der Waals surface area contributed by atoms with Crippen molar-refractivity contribution in [2.75, 3.05) is 11.1 Å². The summed E-state index contributed by atoms with van der Waals surface area (Å²) in [7, 11) is 0. The molecule has 0 aliphatic heterocycles. The Morgan fingerprint density at radius 2 is 1.86 bits per heavy atom. The fraction of sp³-hybridized carbons (Fsp3) is 0.136. The van der Waals surface area contributed by atoms with Crippen LogP contribution < -0.4 is 15.6 Å². The van der Waals surface area contributed by atoms with Crippen molar-refractivity contribution >= 4 is 23.4 Å². The summed E-state index contributed by atoms with van der Waals surface area (Å²) < 4.78 is 5.73. The lowest BCUT2D eigenvalue weighted by atomic mass is 10.2. The summed E-state index contributed by atoms with van der Waals surface area (Å²) >= 11 is 1.18. The lowest BCUT2D eigenvalue weighted by molar-refractivity contribution is -0.113. The molecule has 1 aromatic heterocycles. The molecule has 0 fully saturated rings. The number of carbonyl (C=O) groups excluding carboxylic acids is 1. The van der Waals surface area contributed by atoms with Gasteiger partial charge in [0.05, 0.1) is 5.75 Å². The molecule has 2 aromatic carbocycles. The van der Waals surface area contributed by atoms with E-state index in [1.165, 1.54) is 11.8 Å². The minimum absolute atomic E-state index is 0.130. The third-order valence-corrected chi connectivity index (χ3v) is 4.88. The molecule has 3 aromatic rings. The van der Waals surface area contributed by atoms with Crippen LogP contribution in [0.1, 0.15) is 11.3 Å². The fourth-order valence-corrected chi connectivity index (χ4v) is 3.31. The van der Waals surface area contributed by atoms with Gasteiger partial charge in [-0.15, -0.1) is 6.58 Å². The highest BCUT2D eigenvalue weighted by molar-refractivity contribution is 7.99. The third kappa shape index (κ3) is 5.83. The van der Waals surface area contributed by atoms with Gasteiger partial charge >= 0.3 is 0 Å². The van der Waals surface area contributed by atoms with Gasteiger partial charge in [0.1, 0.15) is 11.5 Å². The van der Waals surface area contributed by atoms with Crippen molar-refractivity contribution in [3.63, 3.8) is 0 Å². The number of allylic oxidation sites excluding steroid dienone is 1. The number of rotatable bonds is 8. The van der Waals surface area contributed by atoms with Crippen LogP contribution in [0.5, 0.6) is 11.5 Å². The molecule has 0 aliphatic carbocycles. The number of nitrogens with one attached hydrogen (secondary N) is 2. The van der Waals surface area contributed by atoms with E-state index in [0.717, 1.165) is 5.75 Å². The van der Waals surface area contributed by atoms with Crippen LogP contribution in [0, 0.1) is 6.92 Å². The van der Waals surface area contributed by atoms with Crippen molar-refractivity contribution in [2.45, 2.75) is 18.5 Å². The monoisotopic (exact) mass is 407 g/mol. The van der Waals surface area contributed by atoms with Gasteiger partial charge in [-0.25, -0.2) is 4.98 Å². The topological polar surface area (TPSA) is 84.1 Å². The van der Waals surface area contributed by atoms with Crippen LogP contribution in [0.4, 0.5) is 5.69 Å². The first kappa shape index (κ1) is 20.4. The lowest BCUT2D eigenvalue weighted by Crippen LogP contribution is -2.18. The normalized spacial score (nSPS) is 10.4. The molecule has 0 unspecified atom stereocenters. The average Bonchev–Trinajstić information content (AvgIpc) is 2.71. The van der Waals surface area contributed by atoms with Crippen LogP contribution in [0.2, 0.25) is 0 Å². The molecule has 29 heavy (non-hydrogen) atoms. The number of nitrogens with zero attached hydrogens (tertiary/aromatic N) is 1. The van der Waals surface area contributed by atoms with E-state index in [1.807, 2.05) is 30.3 Å². The molecule has 0 saturated carbocycles. The van der Waals surface area contributed by atoms with Crippen molar-refractivity contribution < 1.29 is 9.53 Å². The first-order valence-electron chi connectivity index (χ1n) is 9.01. The number of aryl methyl sites for hydroxylation is 1. The fourth-order valence-electron chi connectivity index (χ4n) is 2.60. The molecule has 148 valence electrons. The molecular weight excluding hydrogens is 386 g/mol. The summed E-state index contributed by atoms with van der Waals surface area (Å²) in [6.45, 7) is 5.41. The molecule has 0 aliphatic rings. The molecule has 3 rings (SSSR count). The van der Waals surface area contributed by atoms with Crippen LogP contribution >= 0.6 is 11.8 Å².